The number of hydrogen-bond acceptors (Lipinski definition) is 3. The maximum absolute atomic E-state index is 12.1. The van der Waals surface area contributed by atoms with Crippen molar-refractivity contribution in [3.8, 4) is 0 Å². The number of imide groups is 1. The molecule has 0 aliphatic carbocycles. The van der Waals surface area contributed by atoms with E-state index in [4.69, 9.17) is 0 Å². The van der Waals surface area contributed by atoms with Gasteiger partial charge in [0.25, 0.3) is 5.91 Å². The van der Waals surface area contributed by atoms with Crippen LogP contribution in [0, 0.1) is 5.92 Å². The Balaban J connectivity index is 1.86. The molecule has 2 aromatic rings. The first-order chi connectivity index (χ1) is 12.1. The summed E-state index contributed by atoms with van der Waals surface area (Å²) in [5.41, 5.74) is 1.14. The molecule has 0 bridgehead atoms. The summed E-state index contributed by atoms with van der Waals surface area (Å²) in [5.74, 6) is 0.223. The molecule has 134 valence electrons. The van der Waals surface area contributed by atoms with Crippen LogP contribution in [0.3, 0.4) is 0 Å². The van der Waals surface area contributed by atoms with E-state index in [-0.39, 0.29) is 18.5 Å². The number of carbonyl (C=O) groups is 2. The second-order valence-electron chi connectivity index (χ2n) is 6.33. The standard InChI is InChI=1S/C19H25N3O2S/c1-14(2)10-11-20-19(24)22-17(23)13-21-18(16-9-6-12-25-16)15-7-4-3-5-8-15/h3-9,12,14,18,21H,10-11,13H2,1-2H3,(H2,20,22,23,24)/p+1/t18-/m1/s1. The highest BCUT2D eigenvalue weighted by Gasteiger charge is 2.20. The molecule has 0 fully saturated rings. The minimum atomic E-state index is -0.425. The first-order valence-electron chi connectivity index (χ1n) is 8.55. The lowest BCUT2D eigenvalue weighted by Crippen LogP contribution is -2.87. The first-order valence-corrected chi connectivity index (χ1v) is 9.43. The van der Waals surface area contributed by atoms with E-state index < -0.39 is 6.03 Å². The topological polar surface area (TPSA) is 74.8 Å². The highest BCUT2D eigenvalue weighted by atomic mass is 32.1. The van der Waals surface area contributed by atoms with Gasteiger partial charge in [-0.3, -0.25) is 10.1 Å². The zero-order chi connectivity index (χ0) is 18.1. The molecule has 4 N–H and O–H groups in total. The van der Waals surface area contributed by atoms with Gasteiger partial charge in [-0.25, -0.2) is 4.79 Å². The van der Waals surface area contributed by atoms with E-state index in [1.165, 1.54) is 4.88 Å². The van der Waals surface area contributed by atoms with Gasteiger partial charge in [-0.2, -0.15) is 0 Å². The van der Waals surface area contributed by atoms with E-state index in [2.05, 4.69) is 42.7 Å². The Morgan fingerprint density at radius 2 is 1.88 bits per heavy atom. The Labute approximate surface area is 152 Å². The predicted molar refractivity (Wildman–Crippen MR) is 100 cm³/mol. The third-order valence-corrected chi connectivity index (χ3v) is 4.76. The number of hydrogen-bond donors (Lipinski definition) is 3. The molecular formula is C19H26N3O2S+. The zero-order valence-electron chi connectivity index (χ0n) is 14.7. The van der Waals surface area contributed by atoms with Crippen molar-refractivity contribution in [2.75, 3.05) is 13.1 Å². The van der Waals surface area contributed by atoms with Crippen LogP contribution in [0.1, 0.15) is 36.8 Å². The van der Waals surface area contributed by atoms with Crippen LogP contribution in [-0.4, -0.2) is 25.0 Å². The third kappa shape index (κ3) is 6.68. The van der Waals surface area contributed by atoms with Crippen LogP contribution in [-0.2, 0) is 4.79 Å². The van der Waals surface area contributed by atoms with Gasteiger partial charge in [-0.1, -0.05) is 50.2 Å². The molecule has 0 aliphatic heterocycles. The maximum atomic E-state index is 12.1. The van der Waals surface area contributed by atoms with E-state index in [1.807, 2.05) is 35.0 Å². The molecule has 0 spiro atoms. The van der Waals surface area contributed by atoms with E-state index >= 15 is 0 Å². The third-order valence-electron chi connectivity index (χ3n) is 3.81. The average Bonchev–Trinajstić information content (AvgIpc) is 3.10. The molecule has 6 heteroatoms. The second kappa shape index (κ2) is 9.96. The normalized spacial score (nSPS) is 12.0. The number of rotatable bonds is 8. The van der Waals surface area contributed by atoms with Crippen molar-refractivity contribution in [2.24, 2.45) is 5.92 Å². The van der Waals surface area contributed by atoms with E-state index in [0.717, 1.165) is 12.0 Å². The molecule has 0 saturated carbocycles. The summed E-state index contributed by atoms with van der Waals surface area (Å²) in [6.07, 6.45) is 0.891. The van der Waals surface area contributed by atoms with Crippen LogP contribution >= 0.6 is 11.3 Å². The van der Waals surface area contributed by atoms with Crippen LogP contribution in [0.5, 0.6) is 0 Å². The summed E-state index contributed by atoms with van der Waals surface area (Å²) >= 11 is 1.66. The van der Waals surface area contributed by atoms with Crippen LogP contribution in [0.4, 0.5) is 4.79 Å². The molecule has 25 heavy (non-hydrogen) atoms. The summed E-state index contributed by atoms with van der Waals surface area (Å²) in [6, 6.07) is 13.8. The summed E-state index contributed by atoms with van der Waals surface area (Å²) < 4.78 is 0. The quantitative estimate of drug-likeness (QED) is 0.675. The van der Waals surface area contributed by atoms with E-state index in [9.17, 15) is 9.59 Å². The molecule has 0 aliphatic rings. The van der Waals surface area contributed by atoms with Crippen LogP contribution in [0.25, 0.3) is 0 Å². The lowest BCUT2D eigenvalue weighted by molar-refractivity contribution is -0.676. The second-order valence-corrected chi connectivity index (χ2v) is 7.31. The highest BCUT2D eigenvalue weighted by molar-refractivity contribution is 7.10. The van der Waals surface area contributed by atoms with Gasteiger partial charge in [0, 0.05) is 12.1 Å². The van der Waals surface area contributed by atoms with Crippen molar-refractivity contribution >= 4 is 23.3 Å². The van der Waals surface area contributed by atoms with E-state index in [0.29, 0.717) is 12.5 Å². The van der Waals surface area contributed by atoms with Crippen LogP contribution in [0.15, 0.2) is 47.8 Å². The van der Waals surface area contributed by atoms with Crippen molar-refractivity contribution in [3.63, 3.8) is 0 Å². The summed E-state index contributed by atoms with van der Waals surface area (Å²) in [7, 11) is 0. The average molecular weight is 361 g/mol. The summed E-state index contributed by atoms with van der Waals surface area (Å²) in [4.78, 5) is 25.0. The molecule has 5 nitrogen and oxygen atoms in total. The van der Waals surface area contributed by atoms with Crippen molar-refractivity contribution < 1.29 is 14.9 Å². The van der Waals surface area contributed by atoms with Gasteiger partial charge in [0.15, 0.2) is 6.54 Å². The van der Waals surface area contributed by atoms with Gasteiger partial charge < -0.3 is 10.6 Å². The van der Waals surface area contributed by atoms with Gasteiger partial charge in [-0.15, -0.1) is 11.3 Å². The van der Waals surface area contributed by atoms with Crippen molar-refractivity contribution in [1.29, 1.82) is 0 Å². The van der Waals surface area contributed by atoms with Gasteiger partial charge in [0.05, 0.1) is 4.88 Å². The highest BCUT2D eigenvalue weighted by Crippen LogP contribution is 2.22. The number of urea groups is 1. The van der Waals surface area contributed by atoms with E-state index in [1.54, 1.807) is 11.3 Å². The summed E-state index contributed by atoms with van der Waals surface area (Å²) in [5, 5.41) is 9.08. The molecule has 1 atom stereocenters. The Morgan fingerprint density at radius 1 is 1.12 bits per heavy atom. The fourth-order valence-electron chi connectivity index (χ4n) is 2.47. The zero-order valence-corrected chi connectivity index (χ0v) is 15.5. The number of thiophene rings is 1. The molecule has 0 saturated heterocycles. The predicted octanol–water partition coefficient (Wildman–Crippen LogP) is 2.27. The Morgan fingerprint density at radius 3 is 2.52 bits per heavy atom. The largest absolute Gasteiger partial charge is 0.338 e. The molecule has 1 heterocycles. The number of nitrogens with two attached hydrogens (primary N) is 1. The van der Waals surface area contributed by atoms with Crippen LogP contribution in [0.2, 0.25) is 0 Å². The maximum Gasteiger partial charge on any atom is 0.321 e. The first kappa shape index (κ1) is 19.1. The number of carbonyl (C=O) groups excluding carboxylic acids is 2. The van der Waals surface area contributed by atoms with Crippen LogP contribution < -0.4 is 16.0 Å². The summed E-state index contributed by atoms with van der Waals surface area (Å²) in [6.45, 7) is 4.94. The molecular weight excluding hydrogens is 334 g/mol. The number of benzene rings is 1. The molecule has 2 rings (SSSR count). The monoisotopic (exact) mass is 360 g/mol. The van der Waals surface area contributed by atoms with Crippen molar-refractivity contribution in [2.45, 2.75) is 26.3 Å². The van der Waals surface area contributed by atoms with Crippen molar-refractivity contribution in [1.82, 2.24) is 10.6 Å². The minimum Gasteiger partial charge on any atom is -0.338 e. The number of amides is 3. The Hall–Kier alpha value is -2.18. The molecule has 3 amide bonds. The fraction of sp³-hybridized carbons (Fsp3) is 0.368. The van der Waals surface area contributed by atoms with Gasteiger partial charge in [0.2, 0.25) is 0 Å². The Bertz CT molecular complexity index is 657. The molecule has 0 unspecified atom stereocenters. The molecule has 1 aromatic heterocycles. The lowest BCUT2D eigenvalue weighted by Gasteiger charge is -2.14. The molecule has 0 radical (unpaired) electrons. The SMILES string of the molecule is CC(C)CCNC(=O)NC(=O)C[NH2+][C@H](c1ccccc1)c1cccs1. The van der Waals surface area contributed by atoms with Crippen molar-refractivity contribution in [3.05, 3.63) is 58.3 Å². The fourth-order valence-corrected chi connectivity index (χ4v) is 3.32. The smallest absolute Gasteiger partial charge is 0.321 e. The Kier molecular flexibility index (Phi) is 7.63. The van der Waals surface area contributed by atoms with Gasteiger partial charge in [0.1, 0.15) is 6.04 Å². The molecule has 1 aromatic carbocycles. The van der Waals surface area contributed by atoms with Gasteiger partial charge >= 0.3 is 6.03 Å². The van der Waals surface area contributed by atoms with Gasteiger partial charge in [-0.05, 0) is 23.8 Å². The minimum absolute atomic E-state index is 0.0518. The lowest BCUT2D eigenvalue weighted by atomic mass is 10.1. The number of nitrogens with one attached hydrogen (secondary N) is 2. The number of quaternary nitrogens is 1.